The molecule has 1 N–H and O–H groups in total. The Morgan fingerprint density at radius 3 is 2.57 bits per heavy atom. The molecule has 0 spiro atoms. The van der Waals surface area contributed by atoms with Gasteiger partial charge in [-0.25, -0.2) is 14.0 Å². The summed E-state index contributed by atoms with van der Waals surface area (Å²) in [6.07, 6.45) is 3.92. The van der Waals surface area contributed by atoms with E-state index in [0.717, 1.165) is 38.8 Å². The predicted octanol–water partition coefficient (Wildman–Crippen LogP) is 3.06. The molecule has 9 heteroatoms. The molecule has 2 aliphatic heterocycles. The van der Waals surface area contributed by atoms with E-state index in [1.54, 1.807) is 24.0 Å². The predicted molar refractivity (Wildman–Crippen MR) is 129 cm³/mol. The fraction of sp³-hybridized carbons (Fsp3) is 0.577. The van der Waals surface area contributed by atoms with E-state index in [9.17, 15) is 18.8 Å². The third-order valence-electron chi connectivity index (χ3n) is 7.16. The van der Waals surface area contributed by atoms with Crippen molar-refractivity contribution >= 4 is 17.9 Å². The Morgan fingerprint density at radius 1 is 1.11 bits per heavy atom. The average Bonchev–Trinajstić information content (AvgIpc) is 3.03. The van der Waals surface area contributed by atoms with Gasteiger partial charge in [-0.2, -0.15) is 0 Å². The number of rotatable bonds is 7. The molecule has 1 saturated heterocycles. The Hall–Kier alpha value is -2.94. The van der Waals surface area contributed by atoms with E-state index in [0.29, 0.717) is 43.0 Å². The fourth-order valence-corrected chi connectivity index (χ4v) is 5.07. The number of esters is 1. The van der Waals surface area contributed by atoms with Crippen molar-refractivity contribution in [3.8, 4) is 0 Å². The minimum atomic E-state index is -0.807. The molecule has 35 heavy (non-hydrogen) atoms. The van der Waals surface area contributed by atoms with Gasteiger partial charge >= 0.3 is 12.0 Å². The molecular weight excluding hydrogens is 451 g/mol. The first-order valence-electron chi connectivity index (χ1n) is 12.7. The molecule has 3 amide bonds. The number of benzene rings is 1. The highest BCUT2D eigenvalue weighted by Crippen LogP contribution is 2.33. The second-order valence-corrected chi connectivity index (χ2v) is 9.35. The summed E-state index contributed by atoms with van der Waals surface area (Å²) in [6, 6.07) is 4.78. The third-order valence-corrected chi connectivity index (χ3v) is 7.16. The van der Waals surface area contributed by atoms with Gasteiger partial charge in [-0.15, -0.1) is 0 Å². The van der Waals surface area contributed by atoms with Crippen LogP contribution in [0.25, 0.3) is 0 Å². The summed E-state index contributed by atoms with van der Waals surface area (Å²) in [5.74, 6) is -0.540. The molecule has 8 nitrogen and oxygen atoms in total. The highest BCUT2D eigenvalue weighted by molar-refractivity contribution is 5.95. The highest BCUT2D eigenvalue weighted by atomic mass is 19.1. The molecule has 4 rings (SSSR count). The van der Waals surface area contributed by atoms with Gasteiger partial charge in [0.1, 0.15) is 5.82 Å². The van der Waals surface area contributed by atoms with Gasteiger partial charge in [0.15, 0.2) is 0 Å². The monoisotopic (exact) mass is 486 g/mol. The van der Waals surface area contributed by atoms with Crippen LogP contribution >= 0.6 is 0 Å². The second kappa shape index (κ2) is 11.2. The van der Waals surface area contributed by atoms with Crippen LogP contribution in [-0.4, -0.2) is 78.5 Å². The number of carbonyl (C=O) groups excluding carboxylic acids is 3. The highest BCUT2D eigenvalue weighted by Gasteiger charge is 2.39. The Morgan fingerprint density at radius 2 is 1.91 bits per heavy atom. The lowest BCUT2D eigenvalue weighted by Crippen LogP contribution is -2.51. The molecule has 1 aliphatic carbocycles. The molecule has 3 aliphatic rings. The van der Waals surface area contributed by atoms with Gasteiger partial charge in [0.25, 0.3) is 0 Å². The standard InChI is InChI=1S/C26H35FN4O4/c1-3-31-21(17-29-12-7-13-30(15-14-29)24(32)18-8-5-9-18)22(25(33)35-4-2)23(28-26(31)34)19-10-6-11-20(27)16-19/h6,10-11,16,18,23H,3-5,7-9,12-15,17H2,1-2H3,(H,28,34). The number of ether oxygens (including phenoxy) is 1. The molecule has 1 aromatic carbocycles. The first kappa shape index (κ1) is 25.2. The van der Waals surface area contributed by atoms with Gasteiger partial charge in [0.2, 0.25) is 5.91 Å². The summed E-state index contributed by atoms with van der Waals surface area (Å²) >= 11 is 0. The molecule has 1 aromatic rings. The van der Waals surface area contributed by atoms with Crippen molar-refractivity contribution in [3.63, 3.8) is 0 Å². The maximum absolute atomic E-state index is 14.0. The zero-order chi connectivity index (χ0) is 24.9. The summed E-state index contributed by atoms with van der Waals surface area (Å²) < 4.78 is 19.4. The number of hydrogen-bond acceptors (Lipinski definition) is 5. The van der Waals surface area contributed by atoms with Crippen LogP contribution in [0, 0.1) is 11.7 Å². The van der Waals surface area contributed by atoms with Crippen molar-refractivity contribution in [2.45, 2.75) is 45.6 Å². The van der Waals surface area contributed by atoms with Crippen molar-refractivity contribution in [2.75, 3.05) is 45.9 Å². The smallest absolute Gasteiger partial charge is 0.338 e. The zero-order valence-corrected chi connectivity index (χ0v) is 20.6. The fourth-order valence-electron chi connectivity index (χ4n) is 5.07. The number of hydrogen-bond donors (Lipinski definition) is 1. The lowest BCUT2D eigenvalue weighted by atomic mass is 9.84. The van der Waals surface area contributed by atoms with Gasteiger partial charge in [0, 0.05) is 50.9 Å². The number of urea groups is 1. The summed E-state index contributed by atoms with van der Waals surface area (Å²) in [4.78, 5) is 44.7. The second-order valence-electron chi connectivity index (χ2n) is 9.35. The molecule has 1 unspecified atom stereocenters. The Bertz CT molecular complexity index is 993. The molecule has 1 atom stereocenters. The lowest BCUT2D eigenvalue weighted by molar-refractivity contribution is -0.139. The first-order valence-corrected chi connectivity index (χ1v) is 12.7. The Balaban J connectivity index is 1.63. The zero-order valence-electron chi connectivity index (χ0n) is 20.6. The summed E-state index contributed by atoms with van der Waals surface area (Å²) in [6.45, 7) is 7.27. The topological polar surface area (TPSA) is 82.2 Å². The largest absolute Gasteiger partial charge is 0.463 e. The van der Waals surface area contributed by atoms with Crippen LogP contribution < -0.4 is 5.32 Å². The van der Waals surface area contributed by atoms with Crippen molar-refractivity contribution in [1.29, 1.82) is 0 Å². The van der Waals surface area contributed by atoms with Crippen molar-refractivity contribution in [3.05, 3.63) is 46.9 Å². The van der Waals surface area contributed by atoms with Crippen molar-refractivity contribution < 1.29 is 23.5 Å². The minimum absolute atomic E-state index is 0.171. The van der Waals surface area contributed by atoms with Gasteiger partial charge in [-0.3, -0.25) is 14.6 Å². The van der Waals surface area contributed by atoms with Crippen LogP contribution in [0.5, 0.6) is 0 Å². The van der Waals surface area contributed by atoms with E-state index < -0.39 is 17.8 Å². The van der Waals surface area contributed by atoms with E-state index in [1.807, 2.05) is 11.8 Å². The maximum Gasteiger partial charge on any atom is 0.338 e. The maximum atomic E-state index is 14.0. The van der Waals surface area contributed by atoms with E-state index >= 15 is 0 Å². The Labute approximate surface area is 206 Å². The minimum Gasteiger partial charge on any atom is -0.463 e. The average molecular weight is 487 g/mol. The molecule has 190 valence electrons. The van der Waals surface area contributed by atoms with E-state index in [4.69, 9.17) is 4.74 Å². The van der Waals surface area contributed by atoms with Crippen LogP contribution in [0.4, 0.5) is 9.18 Å². The van der Waals surface area contributed by atoms with E-state index in [2.05, 4.69) is 10.2 Å². The molecule has 1 saturated carbocycles. The lowest BCUT2D eigenvalue weighted by Gasteiger charge is -2.38. The molecule has 0 radical (unpaired) electrons. The van der Waals surface area contributed by atoms with Gasteiger partial charge in [0.05, 0.1) is 18.2 Å². The van der Waals surface area contributed by atoms with Crippen LogP contribution in [0.2, 0.25) is 0 Å². The number of carbonyl (C=O) groups is 3. The van der Waals surface area contributed by atoms with E-state index in [1.165, 1.54) is 12.1 Å². The van der Waals surface area contributed by atoms with Gasteiger partial charge < -0.3 is 15.0 Å². The van der Waals surface area contributed by atoms with Gasteiger partial charge in [-0.05, 0) is 50.8 Å². The SMILES string of the molecule is CCOC(=O)C1=C(CN2CCCN(C(=O)C3CCC3)CC2)N(CC)C(=O)NC1c1cccc(F)c1. The Kier molecular flexibility index (Phi) is 8.05. The summed E-state index contributed by atoms with van der Waals surface area (Å²) in [5, 5.41) is 2.87. The van der Waals surface area contributed by atoms with Crippen molar-refractivity contribution in [2.24, 2.45) is 5.92 Å². The van der Waals surface area contributed by atoms with Crippen LogP contribution in [-0.2, 0) is 14.3 Å². The quantitative estimate of drug-likeness (QED) is 0.599. The summed E-state index contributed by atoms with van der Waals surface area (Å²) in [5.41, 5.74) is 1.39. The molecule has 2 fully saturated rings. The van der Waals surface area contributed by atoms with E-state index in [-0.39, 0.29) is 24.5 Å². The summed E-state index contributed by atoms with van der Waals surface area (Å²) in [7, 11) is 0. The molecule has 0 bridgehead atoms. The van der Waals surface area contributed by atoms with Gasteiger partial charge in [-0.1, -0.05) is 18.6 Å². The molecule has 0 aromatic heterocycles. The third kappa shape index (κ3) is 5.50. The molecule has 2 heterocycles. The number of halogens is 1. The number of likely N-dealkylation sites (N-methyl/N-ethyl adjacent to an activating group) is 1. The van der Waals surface area contributed by atoms with Crippen LogP contribution in [0.15, 0.2) is 35.5 Å². The normalized spacial score (nSPS) is 21.9. The van der Waals surface area contributed by atoms with Crippen molar-refractivity contribution in [1.82, 2.24) is 20.0 Å². The number of nitrogens with zero attached hydrogens (tertiary/aromatic N) is 3. The van der Waals surface area contributed by atoms with Crippen LogP contribution in [0.1, 0.15) is 51.1 Å². The number of amides is 3. The van der Waals surface area contributed by atoms with Crippen LogP contribution in [0.3, 0.4) is 0 Å². The first-order chi connectivity index (χ1) is 16.9. The molecular formula is C26H35FN4O4. The number of nitrogens with one attached hydrogen (secondary N) is 1.